The van der Waals surface area contributed by atoms with Crippen LogP contribution in [0.2, 0.25) is 0 Å². The van der Waals surface area contributed by atoms with Gasteiger partial charge in [-0.1, -0.05) is 25.3 Å². The fraction of sp³-hybridized carbons (Fsp3) is 0.286. The van der Waals surface area contributed by atoms with Gasteiger partial charge < -0.3 is 5.32 Å². The molecule has 0 radical (unpaired) electrons. The summed E-state index contributed by atoms with van der Waals surface area (Å²) in [5.41, 5.74) is 4.84. The Labute approximate surface area is 91.5 Å². The van der Waals surface area contributed by atoms with E-state index in [-0.39, 0.29) is 0 Å². The Morgan fingerprint density at radius 1 is 1.47 bits per heavy atom. The molecule has 15 heavy (non-hydrogen) atoms. The third-order valence-corrected chi connectivity index (χ3v) is 2.96. The SMILES string of the molecule is C=Cc1ccc(NC)c(C(=C)C2CC2)c1. The molecule has 1 aliphatic carbocycles. The van der Waals surface area contributed by atoms with Crippen LogP contribution in [-0.2, 0) is 0 Å². The van der Waals surface area contributed by atoms with Gasteiger partial charge in [-0.05, 0) is 42.0 Å². The largest absolute Gasteiger partial charge is 0.388 e. The molecule has 0 atom stereocenters. The van der Waals surface area contributed by atoms with E-state index >= 15 is 0 Å². The number of anilines is 1. The maximum absolute atomic E-state index is 4.20. The average Bonchev–Trinajstić information content (AvgIpc) is 3.11. The summed E-state index contributed by atoms with van der Waals surface area (Å²) in [5, 5.41) is 3.22. The van der Waals surface area contributed by atoms with Crippen LogP contribution in [0, 0.1) is 5.92 Å². The molecule has 0 aromatic heterocycles. The minimum absolute atomic E-state index is 0.706. The average molecular weight is 199 g/mol. The molecule has 1 fully saturated rings. The first-order valence-corrected chi connectivity index (χ1v) is 5.39. The highest BCUT2D eigenvalue weighted by Gasteiger charge is 2.26. The lowest BCUT2D eigenvalue weighted by molar-refractivity contribution is 1.15. The van der Waals surface area contributed by atoms with Crippen molar-refractivity contribution in [1.82, 2.24) is 0 Å². The van der Waals surface area contributed by atoms with Gasteiger partial charge in [-0.3, -0.25) is 0 Å². The summed E-state index contributed by atoms with van der Waals surface area (Å²) >= 11 is 0. The van der Waals surface area contributed by atoms with Crippen LogP contribution in [0.5, 0.6) is 0 Å². The molecule has 0 heterocycles. The van der Waals surface area contributed by atoms with E-state index in [2.05, 4.69) is 36.7 Å². The lowest BCUT2D eigenvalue weighted by atomic mass is 9.99. The van der Waals surface area contributed by atoms with Gasteiger partial charge in [-0.15, -0.1) is 0 Å². The highest BCUT2D eigenvalue weighted by atomic mass is 14.8. The summed E-state index contributed by atoms with van der Waals surface area (Å²) in [5.74, 6) is 0.706. The van der Waals surface area contributed by atoms with Crippen LogP contribution in [-0.4, -0.2) is 7.05 Å². The van der Waals surface area contributed by atoms with E-state index in [1.54, 1.807) is 0 Å². The molecular formula is C14H17N. The number of allylic oxidation sites excluding steroid dienone is 1. The van der Waals surface area contributed by atoms with Crippen LogP contribution in [0.25, 0.3) is 11.6 Å². The summed E-state index contributed by atoms with van der Waals surface area (Å²) in [6.45, 7) is 7.99. The first kappa shape index (κ1) is 10.0. The standard InChI is InChI=1S/C14H17N/c1-4-11-5-8-14(15-3)13(9-11)10(2)12-6-7-12/h4-5,8-9,12,15H,1-2,6-7H2,3H3. The normalized spacial score (nSPS) is 14.7. The van der Waals surface area contributed by atoms with Gasteiger partial charge in [0.1, 0.15) is 0 Å². The summed E-state index contributed by atoms with van der Waals surface area (Å²) < 4.78 is 0. The van der Waals surface area contributed by atoms with E-state index in [9.17, 15) is 0 Å². The predicted molar refractivity (Wildman–Crippen MR) is 67.8 cm³/mol. The summed E-state index contributed by atoms with van der Waals surface area (Å²) in [4.78, 5) is 0. The van der Waals surface area contributed by atoms with Crippen molar-refractivity contribution in [3.63, 3.8) is 0 Å². The van der Waals surface area contributed by atoms with E-state index < -0.39 is 0 Å². The zero-order chi connectivity index (χ0) is 10.8. The lowest BCUT2D eigenvalue weighted by Crippen LogP contribution is -1.96. The van der Waals surface area contributed by atoms with Crippen LogP contribution in [0.15, 0.2) is 31.4 Å². The van der Waals surface area contributed by atoms with Gasteiger partial charge in [0.2, 0.25) is 0 Å². The van der Waals surface area contributed by atoms with E-state index in [0.717, 1.165) is 11.3 Å². The molecule has 1 aromatic carbocycles. The Morgan fingerprint density at radius 2 is 2.20 bits per heavy atom. The Bertz CT molecular complexity index is 400. The van der Waals surface area contributed by atoms with Crippen LogP contribution in [0.3, 0.4) is 0 Å². The van der Waals surface area contributed by atoms with Crippen molar-refractivity contribution in [3.8, 4) is 0 Å². The van der Waals surface area contributed by atoms with Crippen LogP contribution in [0.1, 0.15) is 24.0 Å². The molecule has 1 heteroatoms. The molecule has 0 bridgehead atoms. The summed E-state index contributed by atoms with van der Waals surface area (Å²) in [6, 6.07) is 6.34. The molecular weight excluding hydrogens is 182 g/mol. The molecule has 2 rings (SSSR count). The molecule has 1 nitrogen and oxygen atoms in total. The molecule has 0 unspecified atom stereocenters. The number of nitrogens with one attached hydrogen (secondary N) is 1. The second kappa shape index (κ2) is 3.93. The van der Waals surface area contributed by atoms with Crippen LogP contribution >= 0.6 is 0 Å². The van der Waals surface area contributed by atoms with Gasteiger partial charge in [0.05, 0.1) is 0 Å². The Kier molecular flexibility index (Phi) is 2.63. The highest BCUT2D eigenvalue weighted by Crippen LogP contribution is 2.43. The summed E-state index contributed by atoms with van der Waals surface area (Å²) in [6.07, 6.45) is 4.46. The first-order chi connectivity index (χ1) is 7.26. The zero-order valence-corrected chi connectivity index (χ0v) is 9.22. The minimum atomic E-state index is 0.706. The third-order valence-electron chi connectivity index (χ3n) is 2.96. The second-order valence-electron chi connectivity index (χ2n) is 4.06. The van der Waals surface area contributed by atoms with Crippen molar-refractivity contribution >= 4 is 17.3 Å². The van der Waals surface area contributed by atoms with E-state index in [1.807, 2.05) is 13.1 Å². The Morgan fingerprint density at radius 3 is 2.73 bits per heavy atom. The monoisotopic (exact) mass is 199 g/mol. The third kappa shape index (κ3) is 1.96. The van der Waals surface area contributed by atoms with E-state index in [0.29, 0.717) is 5.92 Å². The molecule has 0 saturated heterocycles. The van der Waals surface area contributed by atoms with Gasteiger partial charge in [0.25, 0.3) is 0 Å². The lowest BCUT2D eigenvalue weighted by Gasteiger charge is -2.12. The fourth-order valence-corrected chi connectivity index (χ4v) is 1.82. The molecule has 0 amide bonds. The van der Waals surface area contributed by atoms with Crippen molar-refractivity contribution in [1.29, 1.82) is 0 Å². The molecule has 0 spiro atoms. The number of benzene rings is 1. The molecule has 0 aliphatic heterocycles. The molecule has 1 saturated carbocycles. The van der Waals surface area contributed by atoms with Gasteiger partial charge in [0.15, 0.2) is 0 Å². The quantitative estimate of drug-likeness (QED) is 0.777. The van der Waals surface area contributed by atoms with Crippen molar-refractivity contribution in [3.05, 3.63) is 42.5 Å². The fourth-order valence-electron chi connectivity index (χ4n) is 1.82. The van der Waals surface area contributed by atoms with Gasteiger partial charge >= 0.3 is 0 Å². The first-order valence-electron chi connectivity index (χ1n) is 5.39. The van der Waals surface area contributed by atoms with Gasteiger partial charge in [-0.25, -0.2) is 0 Å². The highest BCUT2D eigenvalue weighted by molar-refractivity contribution is 5.79. The molecule has 1 aromatic rings. The van der Waals surface area contributed by atoms with Crippen molar-refractivity contribution in [2.24, 2.45) is 5.92 Å². The zero-order valence-electron chi connectivity index (χ0n) is 9.22. The van der Waals surface area contributed by atoms with E-state index in [1.165, 1.54) is 24.0 Å². The molecule has 78 valence electrons. The van der Waals surface area contributed by atoms with Gasteiger partial charge in [-0.2, -0.15) is 0 Å². The van der Waals surface area contributed by atoms with Crippen LogP contribution < -0.4 is 5.32 Å². The van der Waals surface area contributed by atoms with Crippen LogP contribution in [0.4, 0.5) is 5.69 Å². The molecule has 1 N–H and O–H groups in total. The van der Waals surface area contributed by atoms with E-state index in [4.69, 9.17) is 0 Å². The number of hydrogen-bond acceptors (Lipinski definition) is 1. The Hall–Kier alpha value is -1.50. The molecule has 1 aliphatic rings. The number of hydrogen-bond donors (Lipinski definition) is 1. The van der Waals surface area contributed by atoms with Gasteiger partial charge in [0, 0.05) is 18.3 Å². The predicted octanol–water partition coefficient (Wildman–Crippen LogP) is 3.79. The number of rotatable bonds is 4. The topological polar surface area (TPSA) is 12.0 Å². The smallest absolute Gasteiger partial charge is 0.0414 e. The Balaban J connectivity index is 2.40. The maximum Gasteiger partial charge on any atom is 0.0414 e. The van der Waals surface area contributed by atoms with Crippen molar-refractivity contribution in [2.45, 2.75) is 12.8 Å². The maximum atomic E-state index is 4.20. The van der Waals surface area contributed by atoms with Crippen molar-refractivity contribution < 1.29 is 0 Å². The van der Waals surface area contributed by atoms with Crippen molar-refractivity contribution in [2.75, 3.05) is 12.4 Å². The second-order valence-corrected chi connectivity index (χ2v) is 4.06. The summed E-state index contributed by atoms with van der Waals surface area (Å²) in [7, 11) is 1.95. The minimum Gasteiger partial charge on any atom is -0.388 e.